The minimum Gasteiger partial charge on any atom is -0.497 e. The van der Waals surface area contributed by atoms with Crippen molar-refractivity contribution in [2.24, 2.45) is 0 Å². The third kappa shape index (κ3) is 5.62. The lowest BCUT2D eigenvalue weighted by Gasteiger charge is -2.12. The second kappa shape index (κ2) is 9.98. The van der Waals surface area contributed by atoms with Crippen molar-refractivity contribution in [3.63, 3.8) is 0 Å². The highest BCUT2D eigenvalue weighted by atomic mass is 16.5. The second-order valence-electron chi connectivity index (χ2n) is 6.03. The van der Waals surface area contributed by atoms with Crippen molar-refractivity contribution >= 4 is 17.3 Å². The first-order valence-corrected chi connectivity index (χ1v) is 9.11. The van der Waals surface area contributed by atoms with Crippen LogP contribution in [-0.2, 0) is 0 Å². The van der Waals surface area contributed by atoms with Crippen molar-refractivity contribution in [3.8, 4) is 17.2 Å². The number of rotatable bonds is 9. The number of hydrogen-bond acceptors (Lipinski definition) is 6. The Morgan fingerprint density at radius 2 is 1.72 bits per heavy atom. The van der Waals surface area contributed by atoms with Gasteiger partial charge in [-0.3, -0.25) is 9.78 Å². The van der Waals surface area contributed by atoms with Gasteiger partial charge in [-0.2, -0.15) is 0 Å². The van der Waals surface area contributed by atoms with Crippen LogP contribution >= 0.6 is 0 Å². The van der Waals surface area contributed by atoms with E-state index in [1.807, 2.05) is 48.5 Å². The summed E-state index contributed by atoms with van der Waals surface area (Å²) in [4.78, 5) is 16.5. The van der Waals surface area contributed by atoms with E-state index in [0.717, 1.165) is 17.1 Å². The van der Waals surface area contributed by atoms with Crippen LogP contribution in [0.25, 0.3) is 0 Å². The number of nitrogens with one attached hydrogen (secondary N) is 2. The predicted octanol–water partition coefficient (Wildman–Crippen LogP) is 3.65. The van der Waals surface area contributed by atoms with E-state index in [0.29, 0.717) is 30.3 Å². The number of aromatic nitrogens is 1. The highest BCUT2D eigenvalue weighted by molar-refractivity contribution is 5.93. The quantitative estimate of drug-likeness (QED) is 0.540. The van der Waals surface area contributed by atoms with Crippen LogP contribution in [0.2, 0.25) is 0 Å². The van der Waals surface area contributed by atoms with Gasteiger partial charge < -0.3 is 24.8 Å². The first-order chi connectivity index (χ1) is 14.2. The lowest BCUT2D eigenvalue weighted by molar-refractivity contribution is 0.0942. The molecule has 29 heavy (non-hydrogen) atoms. The van der Waals surface area contributed by atoms with E-state index in [-0.39, 0.29) is 5.91 Å². The number of carbonyl (C=O) groups is 1. The molecule has 1 amide bonds. The molecule has 0 aliphatic carbocycles. The third-order valence-corrected chi connectivity index (χ3v) is 4.09. The normalized spacial score (nSPS) is 10.1. The van der Waals surface area contributed by atoms with E-state index < -0.39 is 0 Å². The van der Waals surface area contributed by atoms with Gasteiger partial charge in [-0.05, 0) is 48.5 Å². The maximum atomic E-state index is 12.4. The zero-order chi connectivity index (χ0) is 20.5. The first-order valence-electron chi connectivity index (χ1n) is 9.11. The number of anilines is 2. The minimum atomic E-state index is -0.271. The molecule has 0 aliphatic heterocycles. The first kappa shape index (κ1) is 20.0. The summed E-state index contributed by atoms with van der Waals surface area (Å²) >= 11 is 0. The Kier molecular flexibility index (Phi) is 6.89. The van der Waals surface area contributed by atoms with Crippen LogP contribution in [0.5, 0.6) is 17.2 Å². The van der Waals surface area contributed by atoms with Crippen LogP contribution < -0.4 is 24.8 Å². The van der Waals surface area contributed by atoms with Crippen LogP contribution in [0.15, 0.2) is 66.9 Å². The van der Waals surface area contributed by atoms with Gasteiger partial charge in [0.2, 0.25) is 0 Å². The fourth-order valence-electron chi connectivity index (χ4n) is 2.63. The van der Waals surface area contributed by atoms with Gasteiger partial charge in [0.15, 0.2) is 0 Å². The molecule has 2 N–H and O–H groups in total. The number of carbonyl (C=O) groups excluding carboxylic acids is 1. The highest BCUT2D eigenvalue weighted by Crippen LogP contribution is 2.26. The summed E-state index contributed by atoms with van der Waals surface area (Å²) in [5.41, 5.74) is 1.86. The molecule has 3 aromatic rings. The zero-order valence-corrected chi connectivity index (χ0v) is 16.3. The molecule has 0 spiro atoms. The summed E-state index contributed by atoms with van der Waals surface area (Å²) in [5, 5.41) is 6.04. The van der Waals surface area contributed by atoms with Crippen molar-refractivity contribution in [3.05, 3.63) is 72.6 Å². The zero-order valence-electron chi connectivity index (χ0n) is 16.3. The maximum absolute atomic E-state index is 12.4. The van der Waals surface area contributed by atoms with Gasteiger partial charge in [-0.25, -0.2) is 0 Å². The summed E-state index contributed by atoms with van der Waals surface area (Å²) in [6.07, 6.45) is 1.58. The van der Waals surface area contributed by atoms with Crippen LogP contribution in [0.4, 0.5) is 11.4 Å². The third-order valence-electron chi connectivity index (χ3n) is 4.09. The van der Waals surface area contributed by atoms with Gasteiger partial charge >= 0.3 is 0 Å². The van der Waals surface area contributed by atoms with E-state index in [1.165, 1.54) is 0 Å². The lowest BCUT2D eigenvalue weighted by atomic mass is 10.2. The summed E-state index contributed by atoms with van der Waals surface area (Å²) in [6, 6.07) is 18.3. The molecule has 0 saturated heterocycles. The summed E-state index contributed by atoms with van der Waals surface area (Å²) in [7, 11) is 3.22. The number of para-hydroxylation sites is 2. The van der Waals surface area contributed by atoms with E-state index in [9.17, 15) is 4.79 Å². The Balaban J connectivity index is 1.52. The number of hydrogen-bond donors (Lipinski definition) is 2. The SMILES string of the molecule is COc1ccc(OCCNC(=O)c2cc(Nc3ccccc3OC)ccn2)cc1. The van der Waals surface area contributed by atoms with Crippen LogP contribution in [0.3, 0.4) is 0 Å². The molecule has 0 aliphatic rings. The number of nitrogens with zero attached hydrogens (tertiary/aromatic N) is 1. The fourth-order valence-corrected chi connectivity index (χ4v) is 2.63. The Morgan fingerprint density at radius 3 is 2.48 bits per heavy atom. The summed E-state index contributed by atoms with van der Waals surface area (Å²) in [5.74, 6) is 1.91. The van der Waals surface area contributed by atoms with Gasteiger partial charge in [-0.15, -0.1) is 0 Å². The van der Waals surface area contributed by atoms with Gasteiger partial charge in [0.05, 0.1) is 26.5 Å². The topological polar surface area (TPSA) is 81.7 Å². The monoisotopic (exact) mass is 393 g/mol. The lowest BCUT2D eigenvalue weighted by Crippen LogP contribution is -2.28. The van der Waals surface area contributed by atoms with Gasteiger partial charge in [0, 0.05) is 11.9 Å². The molecule has 0 saturated carbocycles. The minimum absolute atomic E-state index is 0.271. The molecule has 0 bridgehead atoms. The standard InChI is InChI=1S/C22H23N3O4/c1-27-17-7-9-18(10-8-17)29-14-13-24-22(26)20-15-16(11-12-23-20)25-19-5-3-4-6-21(19)28-2/h3-12,15H,13-14H2,1-2H3,(H,23,25)(H,24,26). The van der Waals surface area contributed by atoms with Crippen molar-refractivity contribution in [2.45, 2.75) is 0 Å². The van der Waals surface area contributed by atoms with Gasteiger partial charge in [0.1, 0.15) is 29.5 Å². The van der Waals surface area contributed by atoms with Crippen LogP contribution in [-0.4, -0.2) is 38.3 Å². The number of amides is 1. The fraction of sp³-hybridized carbons (Fsp3) is 0.182. The molecule has 1 heterocycles. The molecule has 0 fully saturated rings. The van der Waals surface area contributed by atoms with Crippen molar-refractivity contribution in [1.29, 1.82) is 0 Å². The van der Waals surface area contributed by atoms with Crippen molar-refractivity contribution in [2.75, 3.05) is 32.7 Å². The molecule has 0 unspecified atom stereocenters. The molecule has 7 heteroatoms. The van der Waals surface area contributed by atoms with E-state index in [4.69, 9.17) is 14.2 Å². The average molecular weight is 393 g/mol. The van der Waals surface area contributed by atoms with E-state index in [2.05, 4.69) is 15.6 Å². The summed E-state index contributed by atoms with van der Waals surface area (Å²) in [6.45, 7) is 0.702. The van der Waals surface area contributed by atoms with Crippen LogP contribution in [0, 0.1) is 0 Å². The highest BCUT2D eigenvalue weighted by Gasteiger charge is 2.09. The Labute approximate surface area is 169 Å². The van der Waals surface area contributed by atoms with Crippen LogP contribution in [0.1, 0.15) is 10.5 Å². The van der Waals surface area contributed by atoms with Crippen molar-refractivity contribution in [1.82, 2.24) is 10.3 Å². The Morgan fingerprint density at radius 1 is 0.966 bits per heavy atom. The number of ether oxygens (including phenoxy) is 3. The molecule has 1 aromatic heterocycles. The van der Waals surface area contributed by atoms with E-state index >= 15 is 0 Å². The average Bonchev–Trinajstić information content (AvgIpc) is 2.77. The molecular formula is C22H23N3O4. The molecular weight excluding hydrogens is 370 g/mol. The molecule has 150 valence electrons. The predicted molar refractivity (Wildman–Crippen MR) is 111 cm³/mol. The Bertz CT molecular complexity index is 945. The Hall–Kier alpha value is -3.74. The number of benzene rings is 2. The van der Waals surface area contributed by atoms with Gasteiger partial charge in [0.25, 0.3) is 5.91 Å². The molecule has 0 radical (unpaired) electrons. The van der Waals surface area contributed by atoms with Gasteiger partial charge in [-0.1, -0.05) is 12.1 Å². The molecule has 2 aromatic carbocycles. The molecule has 0 atom stereocenters. The largest absolute Gasteiger partial charge is 0.497 e. The van der Waals surface area contributed by atoms with Crippen molar-refractivity contribution < 1.29 is 19.0 Å². The number of methoxy groups -OCH3 is 2. The smallest absolute Gasteiger partial charge is 0.270 e. The number of pyridine rings is 1. The second-order valence-corrected chi connectivity index (χ2v) is 6.03. The van der Waals surface area contributed by atoms with E-state index in [1.54, 1.807) is 32.5 Å². The maximum Gasteiger partial charge on any atom is 0.270 e. The molecule has 3 rings (SSSR count). The summed E-state index contributed by atoms with van der Waals surface area (Å²) < 4.78 is 16.0. The molecule has 7 nitrogen and oxygen atoms in total.